The average molecular weight is 438 g/mol. The van der Waals surface area contributed by atoms with Gasteiger partial charge >= 0.3 is 7.12 Å². The van der Waals surface area contributed by atoms with E-state index in [1.165, 1.54) is 6.42 Å². The normalized spacial score (nSPS) is 36.6. The number of hydrogen-bond donors (Lipinski definition) is 0. The highest BCUT2D eigenvalue weighted by Crippen LogP contribution is 2.48. The number of carbonyl (C=O) groups is 1. The Hall–Kier alpha value is -1.41. The summed E-state index contributed by atoms with van der Waals surface area (Å²) in [5, 5.41) is 0. The molecular formula is C25H35BN2O4. The summed E-state index contributed by atoms with van der Waals surface area (Å²) in [5.74, 6) is 0.217. The van der Waals surface area contributed by atoms with Crippen molar-refractivity contribution >= 4 is 24.2 Å². The van der Waals surface area contributed by atoms with Gasteiger partial charge in [-0.1, -0.05) is 12.1 Å². The topological polar surface area (TPSA) is 51.2 Å². The van der Waals surface area contributed by atoms with Crippen molar-refractivity contribution < 1.29 is 18.8 Å². The Morgan fingerprint density at radius 1 is 0.875 bits per heavy atom. The molecule has 7 heteroatoms. The van der Waals surface area contributed by atoms with E-state index in [1.807, 2.05) is 0 Å². The molecule has 4 heterocycles. The first-order chi connectivity index (χ1) is 15.0. The predicted octanol–water partition coefficient (Wildman–Crippen LogP) is 2.61. The summed E-state index contributed by atoms with van der Waals surface area (Å²) in [7, 11) is -0.416. The van der Waals surface area contributed by atoms with E-state index in [0.717, 1.165) is 42.8 Å². The molecular weight excluding hydrogens is 403 g/mol. The van der Waals surface area contributed by atoms with Crippen molar-refractivity contribution in [2.75, 3.05) is 18.1 Å². The number of benzene rings is 1. The maximum Gasteiger partial charge on any atom is 0.494 e. The van der Waals surface area contributed by atoms with Gasteiger partial charge in [-0.25, -0.2) is 0 Å². The molecule has 0 N–H and O–H groups in total. The molecule has 172 valence electrons. The molecule has 1 aromatic carbocycles. The molecule has 0 radical (unpaired) electrons. The van der Waals surface area contributed by atoms with E-state index >= 15 is 0 Å². The highest BCUT2D eigenvalue weighted by atomic mass is 16.7. The third-order valence-corrected chi connectivity index (χ3v) is 9.12. The lowest BCUT2D eigenvalue weighted by molar-refractivity contribution is -0.161. The molecule has 32 heavy (non-hydrogen) atoms. The molecule has 4 fully saturated rings. The lowest BCUT2D eigenvalue weighted by Gasteiger charge is -2.60. The fourth-order valence-corrected chi connectivity index (χ4v) is 6.27. The molecule has 1 saturated carbocycles. The summed E-state index contributed by atoms with van der Waals surface area (Å²) in [6.07, 6.45) is 3.38. The molecule has 0 aromatic heterocycles. The molecule has 1 aliphatic carbocycles. The summed E-state index contributed by atoms with van der Waals surface area (Å²) in [6, 6.07) is 8.36. The Kier molecular flexibility index (Phi) is 4.36. The van der Waals surface area contributed by atoms with Gasteiger partial charge in [0.05, 0.1) is 29.8 Å². The summed E-state index contributed by atoms with van der Waals surface area (Å²) in [4.78, 5) is 18.3. The van der Waals surface area contributed by atoms with Crippen molar-refractivity contribution in [3.8, 4) is 0 Å². The van der Waals surface area contributed by atoms with Crippen LogP contribution in [0.4, 0.5) is 5.69 Å². The molecule has 0 spiro atoms. The van der Waals surface area contributed by atoms with Crippen LogP contribution < -0.4 is 10.4 Å². The number of rotatable bonds is 3. The molecule has 3 saturated heterocycles. The number of hydrogen-bond acceptors (Lipinski definition) is 5. The number of carbonyl (C=O) groups excluding carboxylic acids is 1. The fraction of sp³-hybridized carbons (Fsp3) is 0.720. The Morgan fingerprint density at radius 2 is 1.47 bits per heavy atom. The summed E-state index contributed by atoms with van der Waals surface area (Å²) in [6.45, 7) is 14.1. The van der Waals surface area contributed by atoms with Crippen LogP contribution >= 0.6 is 0 Å². The maximum atomic E-state index is 13.5. The van der Waals surface area contributed by atoms with Gasteiger partial charge in [-0.2, -0.15) is 0 Å². The van der Waals surface area contributed by atoms with Crippen molar-refractivity contribution in [2.24, 2.45) is 0 Å². The minimum absolute atomic E-state index is 0.217. The van der Waals surface area contributed by atoms with Gasteiger partial charge in [-0.15, -0.1) is 0 Å². The number of nitrogens with zero attached hydrogens (tertiary/aromatic N) is 2. The molecule has 6 nitrogen and oxygen atoms in total. The SMILES string of the molecule is CC1(C)C(=O)N(C2CC(N3[C@@H]4COC[C@@H]3C4)C2)c2cc(B3OC(C)(C)C(C)(C)O3)ccc21. The third kappa shape index (κ3) is 2.77. The molecule has 2 bridgehead atoms. The lowest BCUT2D eigenvalue weighted by atomic mass is 9.76. The van der Waals surface area contributed by atoms with E-state index in [0.29, 0.717) is 18.1 Å². The smallest absolute Gasteiger partial charge is 0.399 e. The van der Waals surface area contributed by atoms with Crippen molar-refractivity contribution in [3.05, 3.63) is 23.8 Å². The summed E-state index contributed by atoms with van der Waals surface area (Å²) >= 11 is 0. The summed E-state index contributed by atoms with van der Waals surface area (Å²) in [5.41, 5.74) is 1.87. The first kappa shape index (κ1) is 21.1. The van der Waals surface area contributed by atoms with Crippen LogP contribution in [0.1, 0.15) is 66.4 Å². The average Bonchev–Trinajstić information content (AvgIpc) is 3.04. The zero-order valence-electron chi connectivity index (χ0n) is 20.2. The van der Waals surface area contributed by atoms with Crippen LogP contribution in [0.15, 0.2) is 18.2 Å². The minimum Gasteiger partial charge on any atom is -0.399 e. The van der Waals surface area contributed by atoms with Crippen LogP contribution in [-0.2, 0) is 24.3 Å². The Morgan fingerprint density at radius 3 is 2.06 bits per heavy atom. The highest BCUT2D eigenvalue weighted by molar-refractivity contribution is 6.62. The fourth-order valence-electron chi connectivity index (χ4n) is 6.27. The van der Waals surface area contributed by atoms with Gasteiger partial charge in [-0.05, 0) is 77.9 Å². The van der Waals surface area contributed by atoms with Crippen LogP contribution in [-0.4, -0.2) is 66.5 Å². The van der Waals surface area contributed by atoms with Gasteiger partial charge in [-0.3, -0.25) is 9.69 Å². The Balaban J connectivity index is 1.26. The minimum atomic E-state index is -0.504. The van der Waals surface area contributed by atoms with Crippen LogP contribution in [0.25, 0.3) is 0 Å². The molecule has 1 aromatic rings. The van der Waals surface area contributed by atoms with Crippen molar-refractivity contribution in [1.82, 2.24) is 4.90 Å². The quantitative estimate of drug-likeness (QED) is 0.680. The highest BCUT2D eigenvalue weighted by Gasteiger charge is 2.55. The van der Waals surface area contributed by atoms with Crippen molar-refractivity contribution in [2.45, 2.75) is 102 Å². The van der Waals surface area contributed by atoms with Crippen molar-refractivity contribution in [1.29, 1.82) is 0 Å². The standard InChI is InChI=1S/C25H35BN2O4/c1-23(2)20-8-7-15(26-31-24(3,4)25(5,6)32-26)9-21(20)28(22(23)29)17-10-16(11-17)27-18-12-19(27)14-30-13-18/h7-9,16-19H,10-14H2,1-6H3/t16?,17?,18-,19-/m0/s1. The predicted molar refractivity (Wildman–Crippen MR) is 124 cm³/mol. The number of morpholine rings is 1. The van der Waals surface area contributed by atoms with Crippen LogP contribution in [0.5, 0.6) is 0 Å². The monoisotopic (exact) mass is 438 g/mol. The number of amides is 1. The Bertz CT molecular complexity index is 941. The Labute approximate surface area is 191 Å². The first-order valence-electron chi connectivity index (χ1n) is 12.2. The molecule has 6 rings (SSSR count). The van der Waals surface area contributed by atoms with Crippen LogP contribution in [0.3, 0.4) is 0 Å². The lowest BCUT2D eigenvalue weighted by Crippen LogP contribution is -2.70. The van der Waals surface area contributed by atoms with E-state index in [1.54, 1.807) is 0 Å². The molecule has 1 amide bonds. The van der Waals surface area contributed by atoms with Gasteiger partial charge in [0.2, 0.25) is 5.91 Å². The molecule has 5 aliphatic rings. The third-order valence-electron chi connectivity index (χ3n) is 9.12. The second-order valence-corrected chi connectivity index (χ2v) is 12.0. The molecule has 0 unspecified atom stereocenters. The second-order valence-electron chi connectivity index (χ2n) is 12.0. The van der Waals surface area contributed by atoms with Gasteiger partial charge in [0, 0.05) is 29.9 Å². The zero-order valence-corrected chi connectivity index (χ0v) is 20.2. The van der Waals surface area contributed by atoms with E-state index in [4.69, 9.17) is 14.0 Å². The molecule has 2 atom stereocenters. The van der Waals surface area contributed by atoms with E-state index < -0.39 is 12.5 Å². The van der Waals surface area contributed by atoms with Gasteiger partial charge in [0.1, 0.15) is 0 Å². The van der Waals surface area contributed by atoms with E-state index in [2.05, 4.69) is 69.5 Å². The van der Waals surface area contributed by atoms with Gasteiger partial charge in [0.15, 0.2) is 0 Å². The number of anilines is 1. The largest absolute Gasteiger partial charge is 0.494 e. The van der Waals surface area contributed by atoms with Gasteiger partial charge in [0.25, 0.3) is 0 Å². The van der Waals surface area contributed by atoms with Crippen LogP contribution in [0, 0.1) is 0 Å². The zero-order chi connectivity index (χ0) is 22.6. The van der Waals surface area contributed by atoms with E-state index in [9.17, 15) is 4.79 Å². The second kappa shape index (κ2) is 6.59. The maximum absolute atomic E-state index is 13.5. The molecule has 4 aliphatic heterocycles. The summed E-state index contributed by atoms with van der Waals surface area (Å²) < 4.78 is 18.2. The van der Waals surface area contributed by atoms with E-state index in [-0.39, 0.29) is 23.2 Å². The van der Waals surface area contributed by atoms with Crippen molar-refractivity contribution in [3.63, 3.8) is 0 Å². The first-order valence-corrected chi connectivity index (χ1v) is 12.2. The number of fused-ring (bicyclic) bond motifs is 3. The number of ether oxygens (including phenoxy) is 1. The van der Waals surface area contributed by atoms with Crippen LogP contribution in [0.2, 0.25) is 0 Å². The van der Waals surface area contributed by atoms with Gasteiger partial charge < -0.3 is 18.9 Å².